The molecule has 8 heteroatoms. The molecule has 4 aliphatic rings. The number of amides is 3. The third kappa shape index (κ3) is 3.85. The van der Waals surface area contributed by atoms with E-state index in [1.807, 2.05) is 24.7 Å². The molecule has 7 rings (SSSR count). The molecule has 1 saturated carbocycles. The predicted molar refractivity (Wildman–Crippen MR) is 137 cm³/mol. The first-order chi connectivity index (χ1) is 18.0. The Morgan fingerprint density at radius 1 is 1.03 bits per heavy atom. The summed E-state index contributed by atoms with van der Waals surface area (Å²) in [5.74, 6) is -0.803. The van der Waals surface area contributed by atoms with Crippen molar-refractivity contribution in [2.45, 2.75) is 64.1 Å². The van der Waals surface area contributed by atoms with E-state index in [1.54, 1.807) is 4.90 Å². The molecule has 3 amide bonds. The number of aromatic nitrogens is 2. The topological polar surface area (TPSA) is 87.0 Å². The predicted octanol–water partition coefficient (Wildman–Crippen LogP) is 3.53. The third-order valence-corrected chi connectivity index (χ3v) is 9.14. The van der Waals surface area contributed by atoms with Crippen molar-refractivity contribution in [3.63, 3.8) is 0 Å². The molecule has 0 bridgehead atoms. The van der Waals surface area contributed by atoms with E-state index < -0.39 is 6.04 Å². The van der Waals surface area contributed by atoms with Crippen molar-refractivity contribution in [2.24, 2.45) is 5.41 Å². The molecular formula is C29H31N5O3. The molecule has 0 radical (unpaired) electrons. The molecule has 1 unspecified atom stereocenters. The number of likely N-dealkylation sites (tertiary alicyclic amines) is 1. The van der Waals surface area contributed by atoms with E-state index in [1.165, 1.54) is 37.7 Å². The van der Waals surface area contributed by atoms with Crippen LogP contribution >= 0.6 is 0 Å². The van der Waals surface area contributed by atoms with Gasteiger partial charge in [0.05, 0.1) is 23.7 Å². The number of nitrogens with one attached hydrogen (secondary N) is 1. The fourth-order valence-electron chi connectivity index (χ4n) is 6.76. The number of hydrogen-bond donors (Lipinski definition) is 1. The van der Waals surface area contributed by atoms with E-state index in [0.29, 0.717) is 23.9 Å². The van der Waals surface area contributed by atoms with Crippen molar-refractivity contribution in [2.75, 3.05) is 13.1 Å². The number of imidazole rings is 1. The summed E-state index contributed by atoms with van der Waals surface area (Å²) in [6.45, 7) is 3.63. The summed E-state index contributed by atoms with van der Waals surface area (Å²) in [4.78, 5) is 45.7. The van der Waals surface area contributed by atoms with Crippen molar-refractivity contribution < 1.29 is 14.4 Å². The molecule has 8 nitrogen and oxygen atoms in total. The quantitative estimate of drug-likeness (QED) is 0.558. The number of hydrogen-bond acceptors (Lipinski definition) is 5. The van der Waals surface area contributed by atoms with Crippen LogP contribution in [0, 0.1) is 5.41 Å². The van der Waals surface area contributed by atoms with Crippen LogP contribution in [0.15, 0.2) is 42.9 Å². The van der Waals surface area contributed by atoms with Gasteiger partial charge >= 0.3 is 0 Å². The Balaban J connectivity index is 1.15. The summed E-state index contributed by atoms with van der Waals surface area (Å²) < 4.78 is 2.10. The molecule has 2 aromatic heterocycles. The Morgan fingerprint density at radius 3 is 2.62 bits per heavy atom. The van der Waals surface area contributed by atoms with Crippen molar-refractivity contribution >= 4 is 23.2 Å². The first kappa shape index (κ1) is 22.7. The van der Waals surface area contributed by atoms with Crippen molar-refractivity contribution in [1.29, 1.82) is 0 Å². The zero-order chi connectivity index (χ0) is 25.1. The molecule has 37 heavy (non-hydrogen) atoms. The molecule has 3 aliphatic heterocycles. The van der Waals surface area contributed by atoms with Gasteiger partial charge in [0, 0.05) is 25.1 Å². The van der Waals surface area contributed by atoms with E-state index in [-0.39, 0.29) is 24.1 Å². The Kier molecular flexibility index (Phi) is 5.22. The van der Waals surface area contributed by atoms with Crippen molar-refractivity contribution in [3.05, 3.63) is 59.5 Å². The molecule has 1 spiro atoms. The van der Waals surface area contributed by atoms with Crippen LogP contribution in [0.4, 0.5) is 0 Å². The molecule has 1 atom stereocenters. The normalized spacial score (nSPS) is 23.4. The van der Waals surface area contributed by atoms with E-state index in [4.69, 9.17) is 0 Å². The number of rotatable bonds is 4. The van der Waals surface area contributed by atoms with Gasteiger partial charge in [0.15, 0.2) is 0 Å². The summed E-state index contributed by atoms with van der Waals surface area (Å²) in [5, 5.41) is 2.37. The minimum absolute atomic E-state index is 0.146. The van der Waals surface area contributed by atoms with E-state index in [9.17, 15) is 14.4 Å². The number of pyridine rings is 1. The van der Waals surface area contributed by atoms with Gasteiger partial charge in [0.2, 0.25) is 11.8 Å². The lowest BCUT2D eigenvalue weighted by Gasteiger charge is -2.48. The highest BCUT2D eigenvalue weighted by Gasteiger charge is 2.40. The number of benzene rings is 1. The van der Waals surface area contributed by atoms with Gasteiger partial charge in [0.25, 0.3) is 5.91 Å². The van der Waals surface area contributed by atoms with Gasteiger partial charge in [-0.1, -0.05) is 12.5 Å². The molecule has 190 valence electrons. The number of imide groups is 1. The zero-order valence-corrected chi connectivity index (χ0v) is 20.9. The number of nitrogens with zero attached hydrogens (tertiary/aromatic N) is 4. The Labute approximate surface area is 215 Å². The van der Waals surface area contributed by atoms with Crippen LogP contribution in [0.25, 0.3) is 16.8 Å². The second kappa shape index (κ2) is 8.52. The van der Waals surface area contributed by atoms with Gasteiger partial charge in [-0.3, -0.25) is 29.0 Å². The SMILES string of the molecule is O=C1CCC(N2Cc3cc(-c4cc(CN5CCC6(CCC6)CC5)cc5cncn45)ccc3C2=O)C(=O)N1. The van der Waals surface area contributed by atoms with Crippen LogP contribution in [0.2, 0.25) is 0 Å². The van der Waals surface area contributed by atoms with E-state index >= 15 is 0 Å². The van der Waals surface area contributed by atoms with Gasteiger partial charge in [-0.05, 0) is 91.6 Å². The molecule has 2 saturated heterocycles. The van der Waals surface area contributed by atoms with Gasteiger partial charge in [-0.25, -0.2) is 4.98 Å². The molecule has 1 aliphatic carbocycles. The molecule has 3 aromatic rings. The molecule has 3 fully saturated rings. The number of carbonyl (C=O) groups excluding carboxylic acids is 3. The fraction of sp³-hybridized carbons (Fsp3) is 0.448. The maximum absolute atomic E-state index is 13.1. The van der Waals surface area contributed by atoms with Crippen LogP contribution in [-0.2, 0) is 22.7 Å². The summed E-state index contributed by atoms with van der Waals surface area (Å²) in [6.07, 6.45) is 11.2. The lowest BCUT2D eigenvalue weighted by molar-refractivity contribution is -0.136. The van der Waals surface area contributed by atoms with Crippen LogP contribution < -0.4 is 5.32 Å². The lowest BCUT2D eigenvalue weighted by Crippen LogP contribution is -2.52. The second-order valence-corrected chi connectivity index (χ2v) is 11.3. The van der Waals surface area contributed by atoms with E-state index in [0.717, 1.165) is 42.0 Å². The van der Waals surface area contributed by atoms with Crippen LogP contribution in [0.1, 0.15) is 66.4 Å². The zero-order valence-electron chi connectivity index (χ0n) is 20.9. The summed E-state index contributed by atoms with van der Waals surface area (Å²) in [7, 11) is 0. The smallest absolute Gasteiger partial charge is 0.255 e. The molecular weight excluding hydrogens is 466 g/mol. The van der Waals surface area contributed by atoms with Gasteiger partial charge in [-0.2, -0.15) is 0 Å². The first-order valence-electron chi connectivity index (χ1n) is 13.4. The summed E-state index contributed by atoms with van der Waals surface area (Å²) in [5.41, 5.74) is 6.58. The first-order valence-corrected chi connectivity index (χ1v) is 13.4. The third-order valence-electron chi connectivity index (χ3n) is 9.14. The monoisotopic (exact) mass is 497 g/mol. The van der Waals surface area contributed by atoms with Crippen molar-refractivity contribution in [3.8, 4) is 11.3 Å². The fourth-order valence-corrected chi connectivity index (χ4v) is 6.76. The average Bonchev–Trinajstić information content (AvgIpc) is 3.47. The highest BCUT2D eigenvalue weighted by Crippen LogP contribution is 2.49. The minimum Gasteiger partial charge on any atom is -0.322 e. The average molecular weight is 498 g/mol. The van der Waals surface area contributed by atoms with Gasteiger partial charge in [0.1, 0.15) is 6.04 Å². The van der Waals surface area contributed by atoms with Crippen LogP contribution in [-0.4, -0.2) is 56.0 Å². The summed E-state index contributed by atoms with van der Waals surface area (Å²) >= 11 is 0. The van der Waals surface area contributed by atoms with Crippen molar-refractivity contribution in [1.82, 2.24) is 24.5 Å². The van der Waals surface area contributed by atoms with Crippen LogP contribution in [0.3, 0.4) is 0 Å². The highest BCUT2D eigenvalue weighted by molar-refractivity contribution is 6.05. The Morgan fingerprint density at radius 2 is 1.86 bits per heavy atom. The Bertz CT molecular complexity index is 1430. The number of piperidine rings is 2. The molecule has 5 heterocycles. The Hall–Kier alpha value is -3.52. The maximum Gasteiger partial charge on any atom is 0.255 e. The second-order valence-electron chi connectivity index (χ2n) is 11.3. The highest BCUT2D eigenvalue weighted by atomic mass is 16.2. The number of carbonyl (C=O) groups is 3. The van der Waals surface area contributed by atoms with Crippen LogP contribution in [0.5, 0.6) is 0 Å². The molecule has 1 N–H and O–H groups in total. The minimum atomic E-state index is -0.603. The van der Waals surface area contributed by atoms with E-state index in [2.05, 4.69) is 37.8 Å². The standard InChI is InChI=1S/C29H31N5O3/c35-26-5-4-24(27(36)31-26)33-17-21-14-20(2-3-23(21)28(33)37)25-13-19(12-22-15-30-18-34(22)25)16-32-10-8-29(9-11-32)6-1-7-29/h2-3,12-15,18,24H,1,4-11,16-17H2,(H,31,35,36). The van der Waals surface area contributed by atoms with Gasteiger partial charge in [-0.15, -0.1) is 0 Å². The molecule has 1 aromatic carbocycles. The maximum atomic E-state index is 13.1. The number of fused-ring (bicyclic) bond motifs is 2. The lowest BCUT2D eigenvalue weighted by atomic mass is 9.63. The largest absolute Gasteiger partial charge is 0.322 e. The van der Waals surface area contributed by atoms with Gasteiger partial charge < -0.3 is 4.90 Å². The summed E-state index contributed by atoms with van der Waals surface area (Å²) in [6, 6.07) is 9.80.